The van der Waals surface area contributed by atoms with Crippen LogP contribution >= 0.6 is 0 Å². The van der Waals surface area contributed by atoms with E-state index >= 15 is 0 Å². The number of carboxylic acids is 1. The van der Waals surface area contributed by atoms with Gasteiger partial charge in [0.15, 0.2) is 0 Å². The third kappa shape index (κ3) is 2.27. The zero-order chi connectivity index (χ0) is 14.2. The van der Waals surface area contributed by atoms with E-state index in [2.05, 4.69) is 5.92 Å². The summed E-state index contributed by atoms with van der Waals surface area (Å²) in [5.74, 6) is 0.393. The molecule has 0 saturated carbocycles. The van der Waals surface area contributed by atoms with Gasteiger partial charge in [0.25, 0.3) is 0 Å². The molecular formula is C13H7F3O3. The summed E-state index contributed by atoms with van der Waals surface area (Å²) in [5, 5.41) is 8.84. The van der Waals surface area contributed by atoms with E-state index < -0.39 is 23.8 Å². The van der Waals surface area contributed by atoms with E-state index in [1.54, 1.807) is 0 Å². The van der Waals surface area contributed by atoms with Crippen LogP contribution in [0.3, 0.4) is 0 Å². The molecule has 1 atom stereocenters. The van der Waals surface area contributed by atoms with Gasteiger partial charge in [-0.2, -0.15) is 13.2 Å². The lowest BCUT2D eigenvalue weighted by molar-refractivity contribution is -0.187. The summed E-state index contributed by atoms with van der Waals surface area (Å²) in [6, 6.07) is 4.37. The molecule has 0 spiro atoms. The zero-order valence-electron chi connectivity index (χ0n) is 9.36. The third-order valence-electron chi connectivity index (χ3n) is 2.57. The van der Waals surface area contributed by atoms with Crippen molar-refractivity contribution in [3.63, 3.8) is 0 Å². The standard InChI is InChI=1S/C13H7F3O3/c1-2-7-4-3-5-8-6-9(12(17)18)11(13(14,15)16)19-10(7)8/h1,3-6,11H,(H,17,18). The Morgan fingerprint density at radius 1 is 1.42 bits per heavy atom. The minimum absolute atomic E-state index is 0.127. The van der Waals surface area contributed by atoms with Crippen molar-refractivity contribution in [2.75, 3.05) is 0 Å². The van der Waals surface area contributed by atoms with Crippen LogP contribution in [0.2, 0.25) is 0 Å². The quantitative estimate of drug-likeness (QED) is 0.796. The highest BCUT2D eigenvalue weighted by Crippen LogP contribution is 2.38. The summed E-state index contributed by atoms with van der Waals surface area (Å²) in [4.78, 5) is 10.9. The van der Waals surface area contributed by atoms with Crippen LogP contribution in [0.5, 0.6) is 5.75 Å². The highest BCUT2D eigenvalue weighted by molar-refractivity contribution is 5.95. The smallest absolute Gasteiger partial charge is 0.430 e. The first-order valence-corrected chi connectivity index (χ1v) is 5.12. The second-order valence-corrected chi connectivity index (χ2v) is 3.81. The van der Waals surface area contributed by atoms with Crippen LogP contribution in [0.4, 0.5) is 13.2 Å². The van der Waals surface area contributed by atoms with Crippen LogP contribution in [-0.2, 0) is 4.79 Å². The number of aliphatic carboxylic acids is 1. The van der Waals surface area contributed by atoms with Gasteiger partial charge >= 0.3 is 12.1 Å². The van der Waals surface area contributed by atoms with Crippen molar-refractivity contribution >= 4 is 12.0 Å². The lowest BCUT2D eigenvalue weighted by Crippen LogP contribution is -2.40. The molecule has 0 fully saturated rings. The number of benzene rings is 1. The van der Waals surface area contributed by atoms with Crippen molar-refractivity contribution in [3.8, 4) is 18.1 Å². The number of terminal acetylenes is 1. The number of hydrogen-bond acceptors (Lipinski definition) is 2. The number of carboxylic acid groups (broad SMARTS) is 1. The van der Waals surface area contributed by atoms with Gasteiger partial charge in [0.1, 0.15) is 5.75 Å². The molecule has 1 unspecified atom stereocenters. The van der Waals surface area contributed by atoms with E-state index in [-0.39, 0.29) is 16.9 Å². The van der Waals surface area contributed by atoms with Gasteiger partial charge in [0.05, 0.1) is 11.1 Å². The van der Waals surface area contributed by atoms with Crippen molar-refractivity contribution in [2.45, 2.75) is 12.3 Å². The molecule has 1 aromatic rings. The van der Waals surface area contributed by atoms with E-state index in [9.17, 15) is 18.0 Å². The van der Waals surface area contributed by atoms with Crippen LogP contribution < -0.4 is 4.74 Å². The van der Waals surface area contributed by atoms with E-state index in [1.165, 1.54) is 18.2 Å². The molecular weight excluding hydrogens is 261 g/mol. The normalized spacial score (nSPS) is 17.8. The molecule has 1 N–H and O–H groups in total. The first kappa shape index (κ1) is 13.0. The summed E-state index contributed by atoms with van der Waals surface area (Å²) in [6.45, 7) is 0. The Balaban J connectivity index is 2.62. The largest absolute Gasteiger partial charge is 0.478 e. The fourth-order valence-electron chi connectivity index (χ4n) is 1.76. The van der Waals surface area contributed by atoms with Crippen molar-refractivity contribution in [1.29, 1.82) is 0 Å². The molecule has 19 heavy (non-hydrogen) atoms. The molecule has 98 valence electrons. The van der Waals surface area contributed by atoms with E-state index in [1.807, 2.05) is 0 Å². The molecule has 3 nitrogen and oxygen atoms in total. The molecule has 1 aliphatic rings. The Kier molecular flexibility index (Phi) is 2.98. The topological polar surface area (TPSA) is 46.5 Å². The number of halogens is 3. The van der Waals surface area contributed by atoms with Gasteiger partial charge < -0.3 is 9.84 Å². The first-order chi connectivity index (χ1) is 8.84. The summed E-state index contributed by atoms with van der Waals surface area (Å²) in [7, 11) is 0. The second kappa shape index (κ2) is 4.35. The Labute approximate surface area is 106 Å². The fraction of sp³-hybridized carbons (Fsp3) is 0.154. The summed E-state index contributed by atoms with van der Waals surface area (Å²) >= 11 is 0. The maximum atomic E-state index is 12.8. The number of rotatable bonds is 1. The van der Waals surface area contributed by atoms with Gasteiger partial charge in [0.2, 0.25) is 6.10 Å². The van der Waals surface area contributed by atoms with Gasteiger partial charge in [-0.25, -0.2) is 4.79 Å². The fourth-order valence-corrected chi connectivity index (χ4v) is 1.76. The average Bonchev–Trinajstić information content (AvgIpc) is 2.35. The number of hydrogen-bond donors (Lipinski definition) is 1. The Hall–Kier alpha value is -2.42. The van der Waals surface area contributed by atoms with Crippen molar-refractivity contribution in [1.82, 2.24) is 0 Å². The predicted molar refractivity (Wildman–Crippen MR) is 60.5 cm³/mol. The number of alkyl halides is 3. The lowest BCUT2D eigenvalue weighted by atomic mass is 9.99. The van der Waals surface area contributed by atoms with E-state index in [4.69, 9.17) is 16.3 Å². The summed E-state index contributed by atoms with van der Waals surface area (Å²) < 4.78 is 43.2. The van der Waals surface area contributed by atoms with E-state index in [0.717, 1.165) is 6.08 Å². The van der Waals surface area contributed by atoms with Crippen molar-refractivity contribution in [3.05, 3.63) is 34.9 Å². The van der Waals surface area contributed by atoms with Crippen LogP contribution in [0.1, 0.15) is 11.1 Å². The summed E-state index contributed by atoms with van der Waals surface area (Å²) in [5.41, 5.74) is -0.505. The molecule has 0 amide bonds. The van der Waals surface area contributed by atoms with Crippen molar-refractivity contribution < 1.29 is 27.8 Å². The van der Waals surface area contributed by atoms with Crippen LogP contribution in [0.25, 0.3) is 6.08 Å². The Bertz CT molecular complexity index is 609. The SMILES string of the molecule is C#Cc1cccc2c1OC(C(F)(F)F)C(C(=O)O)=C2. The maximum Gasteiger partial charge on any atom is 0.430 e. The molecule has 0 radical (unpaired) electrons. The second-order valence-electron chi connectivity index (χ2n) is 3.81. The molecule has 0 aromatic heterocycles. The monoisotopic (exact) mass is 268 g/mol. The van der Waals surface area contributed by atoms with Crippen LogP contribution in [0.15, 0.2) is 23.8 Å². The first-order valence-electron chi connectivity index (χ1n) is 5.12. The van der Waals surface area contributed by atoms with Crippen LogP contribution in [-0.4, -0.2) is 23.4 Å². The number of para-hydroxylation sites is 1. The van der Waals surface area contributed by atoms with Gasteiger partial charge in [-0.1, -0.05) is 18.1 Å². The van der Waals surface area contributed by atoms with Crippen LogP contribution in [0, 0.1) is 12.3 Å². The average molecular weight is 268 g/mol. The molecule has 1 aliphatic heterocycles. The molecule has 2 rings (SSSR count). The minimum atomic E-state index is -4.83. The number of fused-ring (bicyclic) bond motifs is 1. The maximum absolute atomic E-state index is 12.8. The van der Waals surface area contributed by atoms with Gasteiger partial charge in [-0.05, 0) is 12.1 Å². The Morgan fingerprint density at radius 3 is 2.63 bits per heavy atom. The highest BCUT2D eigenvalue weighted by atomic mass is 19.4. The molecule has 1 aromatic carbocycles. The predicted octanol–water partition coefficient (Wildman–Crippen LogP) is 2.46. The molecule has 0 saturated heterocycles. The van der Waals surface area contributed by atoms with Gasteiger partial charge in [0, 0.05) is 5.56 Å². The summed E-state index contributed by atoms with van der Waals surface area (Å²) in [6.07, 6.45) is -1.25. The molecule has 0 aliphatic carbocycles. The zero-order valence-corrected chi connectivity index (χ0v) is 9.36. The number of carbonyl (C=O) groups is 1. The van der Waals surface area contributed by atoms with E-state index in [0.29, 0.717) is 0 Å². The molecule has 0 bridgehead atoms. The van der Waals surface area contributed by atoms with Crippen molar-refractivity contribution in [2.24, 2.45) is 0 Å². The Morgan fingerprint density at radius 2 is 2.11 bits per heavy atom. The number of ether oxygens (including phenoxy) is 1. The van der Waals surface area contributed by atoms with Gasteiger partial charge in [-0.15, -0.1) is 6.42 Å². The molecule has 6 heteroatoms. The lowest BCUT2D eigenvalue weighted by Gasteiger charge is -2.27. The van der Waals surface area contributed by atoms with Gasteiger partial charge in [-0.3, -0.25) is 0 Å². The third-order valence-corrected chi connectivity index (χ3v) is 2.57. The highest BCUT2D eigenvalue weighted by Gasteiger charge is 2.48. The minimum Gasteiger partial charge on any atom is -0.478 e. The molecule has 1 heterocycles.